The fraction of sp³-hybridized carbons (Fsp3) is 0.600. The molecule has 0 saturated carbocycles. The quantitative estimate of drug-likeness (QED) is 0.810. The van der Waals surface area contributed by atoms with E-state index in [1.807, 2.05) is 12.1 Å². The second kappa shape index (κ2) is 5.09. The van der Waals surface area contributed by atoms with E-state index in [4.69, 9.17) is 5.73 Å². The minimum atomic E-state index is 0.513. The van der Waals surface area contributed by atoms with Gasteiger partial charge in [0, 0.05) is 18.3 Å². The summed E-state index contributed by atoms with van der Waals surface area (Å²) in [5.74, 6) is 1.67. The molecule has 1 aromatic rings. The third kappa shape index (κ3) is 2.81. The van der Waals surface area contributed by atoms with Crippen LogP contribution in [0.15, 0.2) is 24.3 Å². The third-order valence-corrected chi connectivity index (χ3v) is 4.17. The van der Waals surface area contributed by atoms with Crippen molar-refractivity contribution in [3.05, 3.63) is 29.8 Å². The van der Waals surface area contributed by atoms with Gasteiger partial charge in [-0.1, -0.05) is 26.0 Å². The highest BCUT2D eigenvalue weighted by Crippen LogP contribution is 2.30. The van der Waals surface area contributed by atoms with Gasteiger partial charge < -0.3 is 5.73 Å². The maximum Gasteiger partial charge on any atom is 0.0320 e. The molecule has 2 unspecified atom stereocenters. The van der Waals surface area contributed by atoms with Crippen LogP contribution in [0.25, 0.3) is 0 Å². The Labute approximate surface area is 105 Å². The summed E-state index contributed by atoms with van der Waals surface area (Å²) in [7, 11) is 0. The lowest BCUT2D eigenvalue weighted by atomic mass is 9.95. The van der Waals surface area contributed by atoms with E-state index >= 15 is 0 Å². The highest BCUT2D eigenvalue weighted by Gasteiger charge is 2.28. The second-order valence-corrected chi connectivity index (χ2v) is 5.63. The van der Waals surface area contributed by atoms with Crippen molar-refractivity contribution in [2.24, 2.45) is 11.8 Å². The van der Waals surface area contributed by atoms with Crippen molar-refractivity contribution in [2.45, 2.75) is 33.2 Å². The van der Waals surface area contributed by atoms with E-state index in [0.717, 1.165) is 17.5 Å². The average Bonchev–Trinajstić information content (AvgIpc) is 2.78. The summed E-state index contributed by atoms with van der Waals surface area (Å²) >= 11 is 0. The van der Waals surface area contributed by atoms with Gasteiger partial charge in [-0.2, -0.15) is 0 Å². The topological polar surface area (TPSA) is 29.3 Å². The number of benzene rings is 1. The molecule has 2 atom stereocenters. The molecule has 0 bridgehead atoms. The first-order chi connectivity index (χ1) is 8.08. The molecule has 2 rings (SSSR count). The summed E-state index contributed by atoms with van der Waals surface area (Å²) in [5.41, 5.74) is 7.96. The first kappa shape index (κ1) is 12.4. The summed E-state index contributed by atoms with van der Waals surface area (Å²) < 4.78 is 0. The van der Waals surface area contributed by atoms with E-state index in [1.165, 1.54) is 25.1 Å². The van der Waals surface area contributed by atoms with Crippen molar-refractivity contribution in [1.29, 1.82) is 0 Å². The Bertz CT molecular complexity index is 356. The van der Waals surface area contributed by atoms with Crippen LogP contribution in [0.2, 0.25) is 0 Å². The maximum absolute atomic E-state index is 5.73. The van der Waals surface area contributed by atoms with Crippen LogP contribution in [-0.4, -0.2) is 18.0 Å². The number of nitrogens with zero attached hydrogens (tertiary/aromatic N) is 1. The molecule has 2 N–H and O–H groups in total. The van der Waals surface area contributed by atoms with E-state index in [-0.39, 0.29) is 0 Å². The lowest BCUT2D eigenvalue weighted by molar-refractivity contribution is 0.242. The Hall–Kier alpha value is -1.02. The van der Waals surface area contributed by atoms with Crippen LogP contribution in [0.4, 0.5) is 5.69 Å². The van der Waals surface area contributed by atoms with E-state index in [2.05, 4.69) is 37.8 Å². The molecule has 1 aliphatic rings. The Morgan fingerprint density at radius 3 is 2.35 bits per heavy atom. The van der Waals surface area contributed by atoms with Crippen LogP contribution >= 0.6 is 0 Å². The van der Waals surface area contributed by atoms with Gasteiger partial charge in [0.25, 0.3) is 0 Å². The Morgan fingerprint density at radius 2 is 1.82 bits per heavy atom. The minimum Gasteiger partial charge on any atom is -0.399 e. The molecule has 0 amide bonds. The summed E-state index contributed by atoms with van der Waals surface area (Å²) in [6.45, 7) is 9.44. The molecule has 0 aromatic heterocycles. The van der Waals surface area contributed by atoms with Gasteiger partial charge in [0.15, 0.2) is 0 Å². The van der Waals surface area contributed by atoms with Gasteiger partial charge in [-0.05, 0) is 49.4 Å². The van der Waals surface area contributed by atoms with Gasteiger partial charge in [-0.15, -0.1) is 0 Å². The number of hydrogen-bond acceptors (Lipinski definition) is 2. The number of rotatable bonds is 3. The van der Waals surface area contributed by atoms with Gasteiger partial charge in [0.05, 0.1) is 0 Å². The first-order valence-electron chi connectivity index (χ1n) is 6.67. The predicted molar refractivity (Wildman–Crippen MR) is 73.8 cm³/mol. The largest absolute Gasteiger partial charge is 0.399 e. The molecular weight excluding hydrogens is 208 g/mol. The molecule has 2 heteroatoms. The van der Waals surface area contributed by atoms with Gasteiger partial charge >= 0.3 is 0 Å². The van der Waals surface area contributed by atoms with Crippen molar-refractivity contribution in [2.75, 3.05) is 18.8 Å². The standard InChI is InChI=1S/C15H24N2/c1-11(2)14-8-9-17(10-14)12(3)13-4-6-15(16)7-5-13/h4-7,11-12,14H,8-10,16H2,1-3H3. The third-order valence-electron chi connectivity index (χ3n) is 4.17. The minimum absolute atomic E-state index is 0.513. The molecule has 0 radical (unpaired) electrons. The van der Waals surface area contributed by atoms with Crippen LogP contribution in [-0.2, 0) is 0 Å². The molecule has 0 aliphatic carbocycles. The molecule has 1 heterocycles. The molecule has 1 aliphatic heterocycles. The van der Waals surface area contributed by atoms with E-state index in [0.29, 0.717) is 6.04 Å². The van der Waals surface area contributed by atoms with Crippen LogP contribution < -0.4 is 5.73 Å². The zero-order valence-electron chi connectivity index (χ0n) is 11.2. The van der Waals surface area contributed by atoms with E-state index in [9.17, 15) is 0 Å². The van der Waals surface area contributed by atoms with Gasteiger partial charge in [0.1, 0.15) is 0 Å². The number of anilines is 1. The number of likely N-dealkylation sites (tertiary alicyclic amines) is 1. The van der Waals surface area contributed by atoms with E-state index < -0.39 is 0 Å². The molecule has 1 fully saturated rings. The Morgan fingerprint density at radius 1 is 1.18 bits per heavy atom. The van der Waals surface area contributed by atoms with Gasteiger partial charge in [-0.3, -0.25) is 4.90 Å². The summed E-state index contributed by atoms with van der Waals surface area (Å²) in [6.07, 6.45) is 1.34. The molecular formula is C15H24N2. The second-order valence-electron chi connectivity index (χ2n) is 5.63. The number of nitrogen functional groups attached to an aromatic ring is 1. The van der Waals surface area contributed by atoms with Crippen LogP contribution in [0.1, 0.15) is 38.8 Å². The monoisotopic (exact) mass is 232 g/mol. The molecule has 0 spiro atoms. The fourth-order valence-corrected chi connectivity index (χ4v) is 2.70. The van der Waals surface area contributed by atoms with Gasteiger partial charge in [0.2, 0.25) is 0 Å². The average molecular weight is 232 g/mol. The normalized spacial score (nSPS) is 23.2. The Kier molecular flexibility index (Phi) is 3.72. The smallest absolute Gasteiger partial charge is 0.0320 e. The van der Waals surface area contributed by atoms with Crippen LogP contribution in [0, 0.1) is 11.8 Å². The molecule has 1 aromatic carbocycles. The maximum atomic E-state index is 5.73. The first-order valence-corrected chi connectivity index (χ1v) is 6.67. The SMILES string of the molecule is CC(C)C1CCN(C(C)c2ccc(N)cc2)C1. The van der Waals surface area contributed by atoms with Crippen LogP contribution in [0.5, 0.6) is 0 Å². The number of hydrogen-bond donors (Lipinski definition) is 1. The summed E-state index contributed by atoms with van der Waals surface area (Å²) in [4.78, 5) is 2.59. The number of nitrogens with two attached hydrogens (primary N) is 1. The van der Waals surface area contributed by atoms with Crippen molar-refractivity contribution >= 4 is 5.69 Å². The summed E-state index contributed by atoms with van der Waals surface area (Å²) in [6, 6.07) is 8.83. The molecule has 17 heavy (non-hydrogen) atoms. The van der Waals surface area contributed by atoms with Crippen molar-refractivity contribution in [3.63, 3.8) is 0 Å². The van der Waals surface area contributed by atoms with E-state index in [1.54, 1.807) is 0 Å². The van der Waals surface area contributed by atoms with Crippen molar-refractivity contribution in [1.82, 2.24) is 4.90 Å². The predicted octanol–water partition coefficient (Wildman–Crippen LogP) is 3.31. The molecule has 1 saturated heterocycles. The fourth-order valence-electron chi connectivity index (χ4n) is 2.70. The molecule has 2 nitrogen and oxygen atoms in total. The van der Waals surface area contributed by atoms with Crippen LogP contribution in [0.3, 0.4) is 0 Å². The Balaban J connectivity index is 2.01. The zero-order chi connectivity index (χ0) is 12.4. The van der Waals surface area contributed by atoms with Crippen molar-refractivity contribution < 1.29 is 0 Å². The van der Waals surface area contributed by atoms with Gasteiger partial charge in [-0.25, -0.2) is 0 Å². The zero-order valence-corrected chi connectivity index (χ0v) is 11.2. The van der Waals surface area contributed by atoms with Crippen molar-refractivity contribution in [3.8, 4) is 0 Å². The lowest BCUT2D eigenvalue weighted by Gasteiger charge is -2.25. The highest BCUT2D eigenvalue weighted by molar-refractivity contribution is 5.40. The highest BCUT2D eigenvalue weighted by atomic mass is 15.2. The summed E-state index contributed by atoms with van der Waals surface area (Å²) in [5, 5.41) is 0. The molecule has 94 valence electrons. The lowest BCUT2D eigenvalue weighted by Crippen LogP contribution is -2.25.